The molecule has 4 aromatic rings. The van der Waals surface area contributed by atoms with E-state index in [-0.39, 0.29) is 23.9 Å². The summed E-state index contributed by atoms with van der Waals surface area (Å²) in [6.45, 7) is 6.53. The summed E-state index contributed by atoms with van der Waals surface area (Å²) in [7, 11) is 1.63. The summed E-state index contributed by atoms with van der Waals surface area (Å²) in [6, 6.07) is 11.8. The molecule has 50 heavy (non-hydrogen) atoms. The molecular weight excluding hydrogens is 665 g/mol. The summed E-state index contributed by atoms with van der Waals surface area (Å²) >= 11 is 1.47. The van der Waals surface area contributed by atoms with Crippen molar-refractivity contribution in [2.45, 2.75) is 25.4 Å². The van der Waals surface area contributed by atoms with Crippen molar-refractivity contribution in [2.75, 3.05) is 78.2 Å². The fourth-order valence-corrected chi connectivity index (χ4v) is 6.36. The number of ether oxygens (including phenoxy) is 4. The number of carbonyl (C=O) groups is 2. The van der Waals surface area contributed by atoms with Crippen LogP contribution in [0.5, 0.6) is 11.5 Å². The van der Waals surface area contributed by atoms with Gasteiger partial charge in [0.25, 0.3) is 0 Å². The van der Waals surface area contributed by atoms with E-state index >= 15 is 0 Å². The van der Waals surface area contributed by atoms with Crippen LogP contribution in [0.1, 0.15) is 18.4 Å². The minimum Gasteiger partial charge on any atom is -0.453 e. The lowest BCUT2D eigenvalue weighted by atomic mass is 10.2. The number of halogens is 1. The van der Waals surface area contributed by atoms with Crippen molar-refractivity contribution in [3.05, 3.63) is 66.2 Å². The molecule has 2 fully saturated rings. The Morgan fingerprint density at radius 2 is 1.74 bits per heavy atom. The van der Waals surface area contributed by atoms with Crippen LogP contribution in [0, 0.1) is 5.82 Å². The van der Waals surface area contributed by atoms with Gasteiger partial charge in [0.05, 0.1) is 53.8 Å². The maximum absolute atomic E-state index is 15.0. The van der Waals surface area contributed by atoms with Crippen molar-refractivity contribution < 1.29 is 32.9 Å². The quantitative estimate of drug-likeness (QED) is 0.136. The van der Waals surface area contributed by atoms with Crippen LogP contribution in [0.25, 0.3) is 20.8 Å². The first-order valence-electron chi connectivity index (χ1n) is 16.7. The Morgan fingerprint density at radius 1 is 0.940 bits per heavy atom. The van der Waals surface area contributed by atoms with Crippen LogP contribution < -0.4 is 20.7 Å². The predicted molar refractivity (Wildman–Crippen MR) is 188 cm³/mol. The molecule has 1 aliphatic carbocycles. The molecule has 0 spiro atoms. The number of pyridine rings is 2. The molecule has 0 radical (unpaired) electrons. The molecule has 3 aromatic heterocycles. The van der Waals surface area contributed by atoms with Crippen LogP contribution in [0.2, 0.25) is 0 Å². The number of fused-ring (bicyclic) bond motifs is 1. The van der Waals surface area contributed by atoms with Crippen LogP contribution >= 0.6 is 11.3 Å². The maximum atomic E-state index is 15.0. The van der Waals surface area contributed by atoms with E-state index in [0.717, 1.165) is 58.8 Å². The van der Waals surface area contributed by atoms with E-state index in [1.165, 1.54) is 23.5 Å². The number of nitrogens with one attached hydrogen (secondary N) is 3. The Labute approximate surface area is 294 Å². The summed E-state index contributed by atoms with van der Waals surface area (Å²) in [5, 5.41) is 8.39. The van der Waals surface area contributed by atoms with E-state index in [1.807, 2.05) is 23.2 Å². The van der Waals surface area contributed by atoms with Crippen molar-refractivity contribution in [3.63, 3.8) is 0 Å². The summed E-state index contributed by atoms with van der Waals surface area (Å²) in [4.78, 5) is 38.8. The Kier molecular flexibility index (Phi) is 12.4. The van der Waals surface area contributed by atoms with Crippen LogP contribution in [0.3, 0.4) is 0 Å². The van der Waals surface area contributed by atoms with Gasteiger partial charge >= 0.3 is 12.1 Å². The topological polar surface area (TPSA) is 139 Å². The standard InChI is InChI=1S/C35H42FN7O6S/c1-46-16-17-48-19-18-47-15-10-38-35(45)43-13-11-42(12-14-43)23-24-2-6-28(39-22-24)32-21-29-33(50-32)31(8-9-37-29)49-30-7-5-26(20-27(30)36)41-34(44)40-25-3-4-25/h2,5-9,20-22,25H,3-4,10-19,23H2,1H3,(H,38,45)(H2,40,41,44). The molecule has 266 valence electrons. The zero-order chi connectivity index (χ0) is 34.7. The third kappa shape index (κ3) is 10.1. The van der Waals surface area contributed by atoms with Gasteiger partial charge in [0.15, 0.2) is 11.6 Å². The average Bonchev–Trinajstić information content (AvgIpc) is 3.82. The predicted octanol–water partition coefficient (Wildman–Crippen LogP) is 5.08. The van der Waals surface area contributed by atoms with Crippen LogP contribution in [0.4, 0.5) is 19.7 Å². The van der Waals surface area contributed by atoms with Gasteiger partial charge in [0.2, 0.25) is 0 Å². The van der Waals surface area contributed by atoms with Crippen LogP contribution in [-0.2, 0) is 20.8 Å². The number of anilines is 1. The number of hydrogen-bond donors (Lipinski definition) is 3. The van der Waals surface area contributed by atoms with Crippen molar-refractivity contribution in [3.8, 4) is 22.1 Å². The van der Waals surface area contributed by atoms with E-state index in [9.17, 15) is 14.0 Å². The minimum atomic E-state index is -0.588. The fraction of sp³-hybridized carbons (Fsp3) is 0.429. The van der Waals surface area contributed by atoms with Gasteiger partial charge in [-0.05, 0) is 42.7 Å². The lowest BCUT2D eigenvalue weighted by molar-refractivity contribution is 0.0256. The van der Waals surface area contributed by atoms with E-state index in [1.54, 1.807) is 25.4 Å². The normalized spacial score (nSPS) is 14.9. The first kappa shape index (κ1) is 35.4. The van der Waals surface area contributed by atoms with Crippen molar-refractivity contribution in [2.24, 2.45) is 0 Å². The van der Waals surface area contributed by atoms with Crippen LogP contribution in [0.15, 0.2) is 54.9 Å². The van der Waals surface area contributed by atoms with E-state index in [4.69, 9.17) is 23.9 Å². The van der Waals surface area contributed by atoms with Gasteiger partial charge < -0.3 is 39.8 Å². The first-order chi connectivity index (χ1) is 24.4. The van der Waals surface area contributed by atoms with Crippen LogP contribution in [-0.4, -0.2) is 111 Å². The monoisotopic (exact) mass is 707 g/mol. The Balaban J connectivity index is 0.960. The SMILES string of the molecule is COCCOCCOCCNC(=O)N1CCN(Cc2ccc(-c3cc4nccc(Oc5ccc(NC(=O)NC6CC6)cc5F)c4s3)nc2)CC1. The Hall–Kier alpha value is -4.41. The molecule has 4 heterocycles. The van der Waals surface area contributed by atoms with Gasteiger partial charge in [0.1, 0.15) is 5.75 Å². The summed E-state index contributed by atoms with van der Waals surface area (Å²) in [6.07, 6.45) is 5.44. The van der Waals surface area contributed by atoms with Crippen molar-refractivity contribution in [1.29, 1.82) is 0 Å². The minimum absolute atomic E-state index is 0.0469. The van der Waals surface area contributed by atoms with Gasteiger partial charge in [-0.1, -0.05) is 6.07 Å². The molecule has 15 heteroatoms. The van der Waals surface area contributed by atoms with E-state index in [2.05, 4.69) is 31.9 Å². The Morgan fingerprint density at radius 3 is 2.48 bits per heavy atom. The van der Waals surface area contributed by atoms with Gasteiger partial charge in [0, 0.05) is 82.6 Å². The maximum Gasteiger partial charge on any atom is 0.319 e. The van der Waals surface area contributed by atoms with Gasteiger partial charge in [-0.3, -0.25) is 14.9 Å². The summed E-state index contributed by atoms with van der Waals surface area (Å²) < 4.78 is 37.5. The number of hydrogen-bond acceptors (Lipinski definition) is 10. The molecule has 13 nitrogen and oxygen atoms in total. The molecular formula is C35H42FN7O6S. The summed E-state index contributed by atoms with van der Waals surface area (Å²) in [5.74, 6) is -0.0596. The second-order valence-electron chi connectivity index (χ2n) is 12.0. The van der Waals surface area contributed by atoms with Gasteiger partial charge in [-0.15, -0.1) is 11.3 Å². The largest absolute Gasteiger partial charge is 0.453 e. The molecule has 1 aliphatic heterocycles. The Bertz CT molecular complexity index is 1730. The number of urea groups is 2. The first-order valence-corrected chi connectivity index (χ1v) is 17.5. The highest BCUT2D eigenvalue weighted by Crippen LogP contribution is 2.39. The second kappa shape index (κ2) is 17.5. The molecule has 1 saturated carbocycles. The number of piperazine rings is 1. The zero-order valence-electron chi connectivity index (χ0n) is 28.0. The highest BCUT2D eigenvalue weighted by molar-refractivity contribution is 7.22. The molecule has 0 atom stereocenters. The number of nitrogens with zero attached hydrogens (tertiary/aromatic N) is 4. The van der Waals surface area contributed by atoms with E-state index in [0.29, 0.717) is 64.1 Å². The third-order valence-corrected chi connectivity index (χ3v) is 9.33. The van der Waals surface area contributed by atoms with Crippen molar-refractivity contribution >= 4 is 39.3 Å². The lowest BCUT2D eigenvalue weighted by Crippen LogP contribution is -2.51. The smallest absolute Gasteiger partial charge is 0.319 e. The molecule has 4 amide bonds. The van der Waals surface area contributed by atoms with Gasteiger partial charge in [-0.25, -0.2) is 14.0 Å². The third-order valence-electron chi connectivity index (χ3n) is 8.17. The molecule has 2 aliphatic rings. The lowest BCUT2D eigenvalue weighted by Gasteiger charge is -2.34. The molecule has 3 N–H and O–H groups in total. The van der Waals surface area contributed by atoms with Gasteiger partial charge in [-0.2, -0.15) is 0 Å². The number of aromatic nitrogens is 2. The molecule has 0 unspecified atom stereocenters. The average molecular weight is 708 g/mol. The molecule has 0 bridgehead atoms. The molecule has 6 rings (SSSR count). The number of amides is 4. The highest BCUT2D eigenvalue weighted by Gasteiger charge is 2.24. The van der Waals surface area contributed by atoms with E-state index < -0.39 is 5.82 Å². The summed E-state index contributed by atoms with van der Waals surface area (Å²) in [5.41, 5.74) is 2.95. The fourth-order valence-electron chi connectivity index (χ4n) is 5.32. The van der Waals surface area contributed by atoms with Crippen molar-refractivity contribution in [1.82, 2.24) is 30.4 Å². The molecule has 1 aromatic carbocycles. The molecule has 1 saturated heterocycles. The number of rotatable bonds is 16. The number of benzene rings is 1. The number of carbonyl (C=O) groups excluding carboxylic acids is 2. The number of thiophene rings is 1. The second-order valence-corrected chi connectivity index (χ2v) is 13.1. The zero-order valence-corrected chi connectivity index (χ0v) is 28.8. The highest BCUT2D eigenvalue weighted by atomic mass is 32.1. The number of methoxy groups -OCH3 is 1.